The van der Waals surface area contributed by atoms with Crippen LogP contribution >= 0.6 is 11.6 Å². The van der Waals surface area contributed by atoms with E-state index < -0.39 is 0 Å². The lowest BCUT2D eigenvalue weighted by molar-refractivity contribution is 0.218. The molecule has 7 heteroatoms. The molecule has 1 aliphatic carbocycles. The van der Waals surface area contributed by atoms with E-state index in [0.29, 0.717) is 12.5 Å². The van der Waals surface area contributed by atoms with Crippen molar-refractivity contribution >= 4 is 17.6 Å². The van der Waals surface area contributed by atoms with Crippen LogP contribution in [0.4, 0.5) is 4.79 Å². The van der Waals surface area contributed by atoms with Gasteiger partial charge in [-0.1, -0.05) is 23.7 Å². The molecule has 1 saturated carbocycles. The molecule has 1 aromatic carbocycles. The smallest absolute Gasteiger partial charge is 0.315 e. The summed E-state index contributed by atoms with van der Waals surface area (Å²) in [7, 11) is 0. The van der Waals surface area contributed by atoms with Crippen molar-refractivity contribution in [2.75, 3.05) is 0 Å². The predicted octanol–water partition coefficient (Wildman–Crippen LogP) is 2.57. The zero-order valence-electron chi connectivity index (χ0n) is 12.9. The molecule has 2 N–H and O–H groups in total. The van der Waals surface area contributed by atoms with E-state index in [2.05, 4.69) is 26.8 Å². The van der Waals surface area contributed by atoms with Crippen LogP contribution in [-0.2, 0) is 6.54 Å². The van der Waals surface area contributed by atoms with E-state index in [1.165, 1.54) is 11.9 Å². The van der Waals surface area contributed by atoms with Crippen LogP contribution in [0.2, 0.25) is 5.02 Å². The van der Waals surface area contributed by atoms with Crippen LogP contribution in [0.5, 0.6) is 0 Å². The summed E-state index contributed by atoms with van der Waals surface area (Å²) in [5, 5.41) is 10.7. The van der Waals surface area contributed by atoms with E-state index in [-0.39, 0.29) is 18.1 Å². The molecule has 2 amide bonds. The van der Waals surface area contributed by atoms with Crippen LogP contribution in [0.3, 0.4) is 0 Å². The van der Waals surface area contributed by atoms with Crippen molar-refractivity contribution in [1.29, 1.82) is 0 Å². The van der Waals surface area contributed by atoms with E-state index in [4.69, 9.17) is 11.6 Å². The third kappa shape index (κ3) is 4.22. The molecule has 0 spiro atoms. The van der Waals surface area contributed by atoms with Crippen molar-refractivity contribution in [3.63, 3.8) is 0 Å². The Kier molecular flexibility index (Phi) is 4.81. The molecule has 6 nitrogen and oxygen atoms in total. The summed E-state index contributed by atoms with van der Waals surface area (Å²) in [6.07, 6.45) is 5.02. The van der Waals surface area contributed by atoms with Gasteiger partial charge in [-0.25, -0.2) is 9.78 Å². The van der Waals surface area contributed by atoms with Crippen molar-refractivity contribution in [3.8, 4) is 0 Å². The minimum Gasteiger partial charge on any atom is -0.335 e. The van der Waals surface area contributed by atoms with Gasteiger partial charge < -0.3 is 10.6 Å². The lowest BCUT2D eigenvalue weighted by Gasteiger charge is -2.36. The first kappa shape index (κ1) is 15.8. The fourth-order valence-corrected chi connectivity index (χ4v) is 3.07. The molecule has 1 fully saturated rings. The predicted molar refractivity (Wildman–Crippen MR) is 88.4 cm³/mol. The largest absolute Gasteiger partial charge is 0.335 e. The molecule has 0 aliphatic heterocycles. The summed E-state index contributed by atoms with van der Waals surface area (Å²) >= 11 is 6.01. The molecule has 1 aliphatic rings. The number of hydrogen-bond donors (Lipinski definition) is 2. The van der Waals surface area contributed by atoms with Crippen LogP contribution < -0.4 is 10.6 Å². The number of urea groups is 1. The molecule has 0 saturated heterocycles. The van der Waals surface area contributed by atoms with E-state index in [9.17, 15) is 4.79 Å². The quantitative estimate of drug-likeness (QED) is 0.883. The minimum absolute atomic E-state index is 0.0134. The summed E-state index contributed by atoms with van der Waals surface area (Å²) in [5.41, 5.74) is 1.25. The molecular formula is C16H20ClN5O. The van der Waals surface area contributed by atoms with Gasteiger partial charge in [-0.2, -0.15) is 5.10 Å². The molecular weight excluding hydrogens is 314 g/mol. The molecule has 0 radical (unpaired) electrons. The van der Waals surface area contributed by atoms with E-state index >= 15 is 0 Å². The number of hydrogen-bond acceptors (Lipinski definition) is 3. The normalized spacial score (nSPS) is 21.3. The Morgan fingerprint density at radius 3 is 3.00 bits per heavy atom. The van der Waals surface area contributed by atoms with E-state index in [1.54, 1.807) is 11.0 Å². The third-order valence-electron chi connectivity index (χ3n) is 4.10. The Labute approximate surface area is 140 Å². The molecule has 0 bridgehead atoms. The molecule has 122 valence electrons. The average Bonchev–Trinajstić information content (AvgIpc) is 2.95. The van der Waals surface area contributed by atoms with Gasteiger partial charge >= 0.3 is 6.03 Å². The summed E-state index contributed by atoms with van der Waals surface area (Å²) in [6.45, 7) is 2.54. The Morgan fingerprint density at radius 2 is 2.30 bits per heavy atom. The van der Waals surface area contributed by atoms with Crippen molar-refractivity contribution in [2.45, 2.75) is 44.3 Å². The first-order valence-electron chi connectivity index (χ1n) is 7.75. The Balaban J connectivity index is 1.40. The number of carbonyl (C=O) groups excluding carboxylic acids is 1. The van der Waals surface area contributed by atoms with Crippen LogP contribution in [0.1, 0.15) is 31.2 Å². The zero-order chi connectivity index (χ0) is 16.2. The maximum Gasteiger partial charge on any atom is 0.315 e. The van der Waals surface area contributed by atoms with Gasteiger partial charge in [-0.05, 0) is 43.4 Å². The average molecular weight is 334 g/mol. The Bertz CT molecular complexity index is 654. The van der Waals surface area contributed by atoms with Crippen LogP contribution in [0, 0.1) is 0 Å². The number of nitrogens with one attached hydrogen (secondary N) is 2. The minimum atomic E-state index is -0.132. The number of carbonyl (C=O) groups is 1. The highest BCUT2D eigenvalue weighted by Gasteiger charge is 2.31. The molecule has 1 heterocycles. The fourth-order valence-electron chi connectivity index (χ4n) is 2.87. The summed E-state index contributed by atoms with van der Waals surface area (Å²) in [6, 6.07) is 8.01. The molecule has 0 unspecified atom stereocenters. The number of rotatable bonds is 5. The molecule has 1 aromatic heterocycles. The van der Waals surface area contributed by atoms with Crippen molar-refractivity contribution in [2.24, 2.45) is 0 Å². The van der Waals surface area contributed by atoms with Gasteiger partial charge in [0.25, 0.3) is 0 Å². The molecule has 2 aromatic rings. The van der Waals surface area contributed by atoms with Crippen LogP contribution in [0.25, 0.3) is 0 Å². The maximum absolute atomic E-state index is 12.0. The van der Waals surface area contributed by atoms with Gasteiger partial charge in [0.15, 0.2) is 0 Å². The Hall–Kier alpha value is -2.08. The number of halogens is 1. The SMILES string of the molecule is C[C@H](Cn1cncn1)NC(=O)NC1CC(c2cccc(Cl)c2)C1. The number of aromatic nitrogens is 3. The van der Waals surface area contributed by atoms with Crippen molar-refractivity contribution in [3.05, 3.63) is 47.5 Å². The molecule has 3 rings (SSSR count). The fraction of sp³-hybridized carbons (Fsp3) is 0.438. The standard InChI is InChI=1S/C16H20ClN5O/c1-11(8-22-10-18-9-19-22)20-16(23)21-15-6-13(7-15)12-3-2-4-14(17)5-12/h2-5,9-11,13,15H,6-8H2,1H3,(H2,20,21,23)/t11-,13?,15?/m1/s1. The zero-order valence-corrected chi connectivity index (χ0v) is 13.7. The van der Waals surface area contributed by atoms with Crippen LogP contribution in [0.15, 0.2) is 36.9 Å². The first-order valence-corrected chi connectivity index (χ1v) is 8.13. The van der Waals surface area contributed by atoms with E-state index in [0.717, 1.165) is 17.9 Å². The number of benzene rings is 1. The highest BCUT2D eigenvalue weighted by Crippen LogP contribution is 2.37. The second-order valence-corrected chi connectivity index (χ2v) is 6.49. The highest BCUT2D eigenvalue weighted by molar-refractivity contribution is 6.30. The second kappa shape index (κ2) is 7.00. The summed E-state index contributed by atoms with van der Waals surface area (Å²) in [5.74, 6) is 0.478. The topological polar surface area (TPSA) is 71.8 Å². The maximum atomic E-state index is 12.0. The lowest BCUT2D eigenvalue weighted by atomic mass is 9.76. The summed E-state index contributed by atoms with van der Waals surface area (Å²) in [4.78, 5) is 15.9. The molecule has 23 heavy (non-hydrogen) atoms. The van der Waals surface area contributed by atoms with Crippen molar-refractivity contribution in [1.82, 2.24) is 25.4 Å². The Morgan fingerprint density at radius 1 is 1.48 bits per heavy atom. The monoisotopic (exact) mass is 333 g/mol. The van der Waals surface area contributed by atoms with Gasteiger partial charge in [0.1, 0.15) is 12.7 Å². The summed E-state index contributed by atoms with van der Waals surface area (Å²) < 4.78 is 1.70. The van der Waals surface area contributed by atoms with Gasteiger partial charge in [-0.15, -0.1) is 0 Å². The first-order chi connectivity index (χ1) is 11.1. The second-order valence-electron chi connectivity index (χ2n) is 6.06. The van der Waals surface area contributed by atoms with Gasteiger partial charge in [-0.3, -0.25) is 4.68 Å². The third-order valence-corrected chi connectivity index (χ3v) is 4.33. The molecule has 1 atom stereocenters. The highest BCUT2D eigenvalue weighted by atomic mass is 35.5. The van der Waals surface area contributed by atoms with Crippen molar-refractivity contribution < 1.29 is 4.79 Å². The number of amides is 2. The number of nitrogens with zero attached hydrogens (tertiary/aromatic N) is 3. The van der Waals surface area contributed by atoms with Crippen LogP contribution in [-0.4, -0.2) is 32.9 Å². The lowest BCUT2D eigenvalue weighted by Crippen LogP contribution is -2.50. The van der Waals surface area contributed by atoms with Gasteiger partial charge in [0.05, 0.1) is 6.54 Å². The van der Waals surface area contributed by atoms with E-state index in [1.807, 2.05) is 25.1 Å². The van der Waals surface area contributed by atoms with Gasteiger partial charge in [0, 0.05) is 17.1 Å². The van der Waals surface area contributed by atoms with Gasteiger partial charge in [0.2, 0.25) is 0 Å².